The lowest BCUT2D eigenvalue weighted by Crippen LogP contribution is -2.43. The summed E-state index contributed by atoms with van der Waals surface area (Å²) < 4.78 is 10.9. The van der Waals surface area contributed by atoms with E-state index < -0.39 is 0 Å². The van der Waals surface area contributed by atoms with Crippen molar-refractivity contribution in [3.8, 4) is 11.5 Å². The fourth-order valence-electron chi connectivity index (χ4n) is 4.86. The fourth-order valence-corrected chi connectivity index (χ4v) is 4.86. The molecular formula is C28H32N2O2. The summed E-state index contributed by atoms with van der Waals surface area (Å²) in [6.45, 7) is 5.59. The molecule has 0 radical (unpaired) electrons. The van der Waals surface area contributed by atoms with Crippen LogP contribution in [0.15, 0.2) is 72.8 Å². The molecule has 32 heavy (non-hydrogen) atoms. The fraction of sp³-hybridized carbons (Fsp3) is 0.357. The zero-order chi connectivity index (χ0) is 21.8. The van der Waals surface area contributed by atoms with Crippen LogP contribution in [0.25, 0.3) is 0 Å². The number of hydrogen-bond acceptors (Lipinski definition) is 4. The van der Waals surface area contributed by atoms with Crippen LogP contribution < -0.4 is 14.8 Å². The van der Waals surface area contributed by atoms with Gasteiger partial charge in [-0.05, 0) is 53.6 Å². The Balaban J connectivity index is 1.23. The van der Waals surface area contributed by atoms with Crippen LogP contribution >= 0.6 is 0 Å². The van der Waals surface area contributed by atoms with Crippen molar-refractivity contribution in [2.24, 2.45) is 0 Å². The number of nitrogens with one attached hydrogen (secondary N) is 1. The smallest absolute Gasteiger partial charge is 0.231 e. The molecule has 1 unspecified atom stereocenters. The van der Waals surface area contributed by atoms with Crippen molar-refractivity contribution in [2.45, 2.75) is 44.8 Å². The van der Waals surface area contributed by atoms with Gasteiger partial charge in [-0.25, -0.2) is 0 Å². The topological polar surface area (TPSA) is 33.7 Å². The van der Waals surface area contributed by atoms with Crippen LogP contribution in [-0.4, -0.2) is 30.8 Å². The highest BCUT2D eigenvalue weighted by molar-refractivity contribution is 5.44. The van der Waals surface area contributed by atoms with Crippen molar-refractivity contribution >= 4 is 0 Å². The maximum Gasteiger partial charge on any atom is 0.231 e. The number of piperidine rings is 1. The Labute approximate surface area is 191 Å². The molecule has 3 aromatic carbocycles. The largest absolute Gasteiger partial charge is 0.454 e. The molecule has 3 aromatic rings. The monoisotopic (exact) mass is 428 g/mol. The first-order valence-electron chi connectivity index (χ1n) is 11.8. The molecule has 166 valence electrons. The van der Waals surface area contributed by atoms with E-state index in [1.807, 2.05) is 6.07 Å². The van der Waals surface area contributed by atoms with Crippen molar-refractivity contribution in [3.63, 3.8) is 0 Å². The first-order valence-corrected chi connectivity index (χ1v) is 11.8. The predicted molar refractivity (Wildman–Crippen MR) is 128 cm³/mol. The van der Waals surface area contributed by atoms with E-state index in [4.69, 9.17) is 9.47 Å². The highest BCUT2D eigenvalue weighted by Gasteiger charge is 2.27. The normalized spacial score (nSPS) is 17.4. The maximum absolute atomic E-state index is 5.51. The van der Waals surface area contributed by atoms with Crippen molar-refractivity contribution < 1.29 is 9.47 Å². The van der Waals surface area contributed by atoms with Gasteiger partial charge in [-0.15, -0.1) is 0 Å². The number of hydrogen-bond donors (Lipinski definition) is 1. The van der Waals surface area contributed by atoms with E-state index in [2.05, 4.69) is 83.9 Å². The highest BCUT2D eigenvalue weighted by atomic mass is 16.7. The van der Waals surface area contributed by atoms with E-state index >= 15 is 0 Å². The van der Waals surface area contributed by atoms with Gasteiger partial charge in [-0.2, -0.15) is 0 Å². The summed E-state index contributed by atoms with van der Waals surface area (Å²) >= 11 is 0. The summed E-state index contributed by atoms with van der Waals surface area (Å²) in [5.74, 6) is 1.71. The third kappa shape index (κ3) is 4.67. The lowest BCUT2D eigenvalue weighted by molar-refractivity contribution is 0.162. The third-order valence-corrected chi connectivity index (χ3v) is 6.75. The SMILES string of the molecule is CCc1ccc(C(c2ccccc2)N2CCC(NCc3ccc4c(c3)OCO4)CC2)cc1. The van der Waals surface area contributed by atoms with Gasteiger partial charge in [0.05, 0.1) is 6.04 Å². The van der Waals surface area contributed by atoms with Crippen molar-refractivity contribution in [2.75, 3.05) is 19.9 Å². The molecular weight excluding hydrogens is 396 g/mol. The standard InChI is InChI=1S/C28H32N2O2/c1-2-21-8-11-24(12-9-21)28(23-6-4-3-5-7-23)30-16-14-25(15-17-30)29-19-22-10-13-26-27(18-22)32-20-31-26/h3-13,18,25,28-29H,2,14-17,19-20H2,1H3. The Hall–Kier alpha value is -2.82. The average Bonchev–Trinajstić information content (AvgIpc) is 3.33. The van der Waals surface area contributed by atoms with Gasteiger partial charge < -0.3 is 14.8 Å². The van der Waals surface area contributed by atoms with Crippen molar-refractivity contribution in [3.05, 3.63) is 95.1 Å². The van der Waals surface area contributed by atoms with Crippen LogP contribution in [0.1, 0.15) is 48.1 Å². The number of rotatable bonds is 7. The van der Waals surface area contributed by atoms with Crippen LogP contribution in [0, 0.1) is 0 Å². The van der Waals surface area contributed by atoms with Crippen LogP contribution in [0.5, 0.6) is 11.5 Å². The molecule has 5 rings (SSSR count). The molecule has 1 atom stereocenters. The second-order valence-electron chi connectivity index (χ2n) is 8.79. The molecule has 0 aliphatic carbocycles. The molecule has 4 nitrogen and oxygen atoms in total. The van der Waals surface area contributed by atoms with Gasteiger partial charge >= 0.3 is 0 Å². The summed E-state index contributed by atoms with van der Waals surface area (Å²) in [6.07, 6.45) is 3.39. The van der Waals surface area contributed by atoms with Crippen LogP contribution in [0.4, 0.5) is 0 Å². The van der Waals surface area contributed by atoms with E-state index in [-0.39, 0.29) is 0 Å². The second kappa shape index (κ2) is 9.76. The minimum absolute atomic E-state index is 0.317. The Bertz CT molecular complexity index is 1010. The van der Waals surface area contributed by atoms with E-state index in [1.54, 1.807) is 0 Å². The third-order valence-electron chi connectivity index (χ3n) is 6.75. The van der Waals surface area contributed by atoms with Gasteiger partial charge in [-0.3, -0.25) is 4.90 Å². The number of aryl methyl sites for hydroxylation is 1. The summed E-state index contributed by atoms with van der Waals surface area (Å²) in [6, 6.07) is 27.2. The first-order chi connectivity index (χ1) is 15.8. The lowest BCUT2D eigenvalue weighted by atomic mass is 9.93. The molecule has 4 heteroatoms. The van der Waals surface area contributed by atoms with Gasteiger partial charge in [0.15, 0.2) is 11.5 Å². The van der Waals surface area contributed by atoms with E-state index in [1.165, 1.54) is 22.3 Å². The highest BCUT2D eigenvalue weighted by Crippen LogP contribution is 2.33. The van der Waals surface area contributed by atoms with E-state index in [0.29, 0.717) is 18.9 Å². The molecule has 0 saturated carbocycles. The zero-order valence-corrected chi connectivity index (χ0v) is 18.8. The minimum atomic E-state index is 0.317. The molecule has 1 fully saturated rings. The average molecular weight is 429 g/mol. The quantitative estimate of drug-likeness (QED) is 0.552. The minimum Gasteiger partial charge on any atom is -0.454 e. The molecule has 2 heterocycles. The second-order valence-corrected chi connectivity index (χ2v) is 8.79. The molecule has 2 aliphatic heterocycles. The Kier molecular flexibility index (Phi) is 6.42. The molecule has 0 aromatic heterocycles. The van der Waals surface area contributed by atoms with Crippen LogP contribution in [0.3, 0.4) is 0 Å². The van der Waals surface area contributed by atoms with Crippen LogP contribution in [0.2, 0.25) is 0 Å². The number of benzene rings is 3. The lowest BCUT2D eigenvalue weighted by Gasteiger charge is -2.38. The Morgan fingerprint density at radius 1 is 0.844 bits per heavy atom. The molecule has 0 bridgehead atoms. The number of nitrogens with zero attached hydrogens (tertiary/aromatic N) is 1. The molecule has 1 saturated heterocycles. The summed E-state index contributed by atoms with van der Waals surface area (Å²) in [5, 5.41) is 3.76. The van der Waals surface area contributed by atoms with Gasteiger partial charge in [0.1, 0.15) is 0 Å². The Morgan fingerprint density at radius 3 is 2.28 bits per heavy atom. The summed E-state index contributed by atoms with van der Waals surface area (Å²) in [5.41, 5.74) is 5.41. The molecule has 2 aliphatic rings. The molecule has 0 amide bonds. The van der Waals surface area contributed by atoms with Gasteiger partial charge in [0.2, 0.25) is 6.79 Å². The summed E-state index contributed by atoms with van der Waals surface area (Å²) in [4.78, 5) is 2.65. The van der Waals surface area contributed by atoms with Gasteiger partial charge in [0, 0.05) is 25.7 Å². The zero-order valence-electron chi connectivity index (χ0n) is 18.8. The maximum atomic E-state index is 5.51. The van der Waals surface area contributed by atoms with Crippen molar-refractivity contribution in [1.82, 2.24) is 10.2 Å². The molecule has 1 N–H and O–H groups in total. The van der Waals surface area contributed by atoms with Gasteiger partial charge in [-0.1, -0.05) is 67.6 Å². The Morgan fingerprint density at radius 2 is 1.53 bits per heavy atom. The van der Waals surface area contributed by atoms with E-state index in [9.17, 15) is 0 Å². The van der Waals surface area contributed by atoms with Crippen molar-refractivity contribution in [1.29, 1.82) is 0 Å². The molecule has 0 spiro atoms. The number of ether oxygens (including phenoxy) is 2. The number of fused-ring (bicyclic) bond motifs is 1. The number of likely N-dealkylation sites (tertiary alicyclic amines) is 1. The van der Waals surface area contributed by atoms with E-state index in [0.717, 1.165) is 50.4 Å². The first kappa shape index (κ1) is 21.0. The predicted octanol–water partition coefficient (Wildman–Crippen LogP) is 5.32. The summed E-state index contributed by atoms with van der Waals surface area (Å²) in [7, 11) is 0. The van der Waals surface area contributed by atoms with Crippen LogP contribution in [-0.2, 0) is 13.0 Å². The van der Waals surface area contributed by atoms with Gasteiger partial charge in [0.25, 0.3) is 0 Å².